The summed E-state index contributed by atoms with van der Waals surface area (Å²) in [6.45, 7) is 6.55. The highest BCUT2D eigenvalue weighted by atomic mass is 32.2. The van der Waals surface area contributed by atoms with Gasteiger partial charge in [-0.15, -0.1) is 0 Å². The standard InChI is InChI=1S/C24H42N4O3S2/c1-4-18(2)22(26-14-20(25)17-32)15-28(12-10-19-8-6-5-7-9-19)16-23(29)27-21(24(30)31)11-13-33-3/h5-9,18,20-22,26,32H,4,10-17,25H2,1-3H3,(H,27,29)(H,30,31)/t18-,20+,21-,22+/m0/s1. The first kappa shape index (κ1) is 29.8. The first-order chi connectivity index (χ1) is 15.8. The van der Waals surface area contributed by atoms with Gasteiger partial charge >= 0.3 is 5.97 Å². The zero-order valence-electron chi connectivity index (χ0n) is 20.2. The molecule has 0 saturated carbocycles. The fourth-order valence-electron chi connectivity index (χ4n) is 3.48. The molecule has 7 nitrogen and oxygen atoms in total. The molecule has 1 amide bonds. The van der Waals surface area contributed by atoms with Crippen molar-refractivity contribution in [1.82, 2.24) is 15.5 Å². The van der Waals surface area contributed by atoms with E-state index >= 15 is 0 Å². The van der Waals surface area contributed by atoms with E-state index in [0.717, 1.165) is 12.8 Å². The minimum atomic E-state index is -0.992. The van der Waals surface area contributed by atoms with Crippen LogP contribution < -0.4 is 16.4 Å². The van der Waals surface area contributed by atoms with Gasteiger partial charge < -0.3 is 21.5 Å². The number of benzene rings is 1. The molecule has 0 saturated heterocycles. The zero-order valence-corrected chi connectivity index (χ0v) is 21.9. The second-order valence-corrected chi connectivity index (χ2v) is 9.90. The summed E-state index contributed by atoms with van der Waals surface area (Å²) in [4.78, 5) is 26.5. The molecule has 0 bridgehead atoms. The van der Waals surface area contributed by atoms with E-state index in [9.17, 15) is 14.7 Å². The Bertz CT molecular complexity index is 681. The first-order valence-corrected chi connectivity index (χ1v) is 13.7. The molecule has 188 valence electrons. The van der Waals surface area contributed by atoms with Crippen LogP contribution in [-0.2, 0) is 16.0 Å². The van der Waals surface area contributed by atoms with Crippen molar-refractivity contribution in [3.63, 3.8) is 0 Å². The molecule has 0 radical (unpaired) electrons. The number of nitrogens with zero attached hydrogens (tertiary/aromatic N) is 1. The number of hydrogen-bond donors (Lipinski definition) is 5. The van der Waals surface area contributed by atoms with Gasteiger partial charge in [0.25, 0.3) is 0 Å². The number of amides is 1. The van der Waals surface area contributed by atoms with E-state index in [1.54, 1.807) is 11.8 Å². The molecular formula is C24H42N4O3S2. The van der Waals surface area contributed by atoms with E-state index in [4.69, 9.17) is 5.73 Å². The van der Waals surface area contributed by atoms with E-state index in [1.165, 1.54) is 5.56 Å². The van der Waals surface area contributed by atoms with Crippen molar-refractivity contribution in [1.29, 1.82) is 0 Å². The molecule has 1 aromatic carbocycles. The molecule has 0 aromatic heterocycles. The van der Waals surface area contributed by atoms with Crippen LogP contribution in [0.3, 0.4) is 0 Å². The summed E-state index contributed by atoms with van der Waals surface area (Å²) in [5, 5.41) is 15.7. The lowest BCUT2D eigenvalue weighted by Crippen LogP contribution is -2.52. The van der Waals surface area contributed by atoms with Crippen molar-refractivity contribution in [3.05, 3.63) is 35.9 Å². The molecule has 0 unspecified atom stereocenters. The Morgan fingerprint density at radius 2 is 1.97 bits per heavy atom. The maximum Gasteiger partial charge on any atom is 0.326 e. The quantitative estimate of drug-likeness (QED) is 0.197. The summed E-state index contributed by atoms with van der Waals surface area (Å²) in [7, 11) is 0. The predicted octanol–water partition coefficient (Wildman–Crippen LogP) is 2.12. The van der Waals surface area contributed by atoms with Crippen LogP contribution in [0.1, 0.15) is 32.3 Å². The van der Waals surface area contributed by atoms with Crippen molar-refractivity contribution >= 4 is 36.3 Å². The summed E-state index contributed by atoms with van der Waals surface area (Å²) in [5.74, 6) is 0.431. The molecule has 0 spiro atoms. The van der Waals surface area contributed by atoms with Crippen molar-refractivity contribution < 1.29 is 14.7 Å². The van der Waals surface area contributed by atoms with E-state index in [-0.39, 0.29) is 24.5 Å². The van der Waals surface area contributed by atoms with Crippen LogP contribution >= 0.6 is 24.4 Å². The largest absolute Gasteiger partial charge is 0.480 e. The molecule has 4 atom stereocenters. The number of nitrogens with one attached hydrogen (secondary N) is 2. The SMILES string of the molecule is CC[C@H](C)[C@@H](CN(CCc1ccccc1)CC(=O)N[C@@H](CCSC)C(=O)O)NC[C@@H](N)CS. The van der Waals surface area contributed by atoms with E-state index in [2.05, 4.69) is 54.1 Å². The average molecular weight is 499 g/mol. The Morgan fingerprint density at radius 1 is 1.27 bits per heavy atom. The highest BCUT2D eigenvalue weighted by Crippen LogP contribution is 2.11. The number of carbonyl (C=O) groups is 2. The molecule has 33 heavy (non-hydrogen) atoms. The third kappa shape index (κ3) is 12.7. The van der Waals surface area contributed by atoms with Crippen LogP contribution in [0.2, 0.25) is 0 Å². The number of aliphatic carboxylic acids is 1. The highest BCUT2D eigenvalue weighted by Gasteiger charge is 2.24. The zero-order chi connectivity index (χ0) is 24.6. The summed E-state index contributed by atoms with van der Waals surface area (Å²) >= 11 is 5.85. The second-order valence-electron chi connectivity index (χ2n) is 8.55. The van der Waals surface area contributed by atoms with Crippen LogP contribution in [-0.4, -0.2) is 83.9 Å². The van der Waals surface area contributed by atoms with Crippen molar-refractivity contribution in [2.24, 2.45) is 11.7 Å². The Balaban J connectivity index is 2.88. The number of thioether (sulfide) groups is 1. The van der Waals surface area contributed by atoms with E-state index < -0.39 is 12.0 Å². The van der Waals surface area contributed by atoms with Gasteiger partial charge in [-0.3, -0.25) is 9.69 Å². The first-order valence-electron chi connectivity index (χ1n) is 11.7. The highest BCUT2D eigenvalue weighted by molar-refractivity contribution is 7.98. The Hall–Kier alpha value is -1.26. The molecule has 9 heteroatoms. The number of carboxylic acids is 1. The molecule has 1 aromatic rings. The number of rotatable bonds is 18. The van der Waals surface area contributed by atoms with E-state index in [0.29, 0.717) is 43.5 Å². The van der Waals surface area contributed by atoms with Gasteiger partial charge in [0.05, 0.1) is 6.54 Å². The number of hydrogen-bond acceptors (Lipinski definition) is 7. The van der Waals surface area contributed by atoms with Gasteiger partial charge in [-0.25, -0.2) is 4.79 Å². The Labute approximate surface area is 209 Å². The van der Waals surface area contributed by atoms with Crippen LogP contribution in [0, 0.1) is 5.92 Å². The Kier molecular flexibility index (Phi) is 15.5. The number of thiol groups is 1. The number of nitrogens with two attached hydrogens (primary N) is 1. The van der Waals surface area contributed by atoms with Gasteiger partial charge in [-0.2, -0.15) is 24.4 Å². The van der Waals surface area contributed by atoms with Crippen LogP contribution in [0.5, 0.6) is 0 Å². The lowest BCUT2D eigenvalue weighted by atomic mass is 9.98. The molecule has 0 heterocycles. The van der Waals surface area contributed by atoms with Gasteiger partial charge in [0.15, 0.2) is 0 Å². The molecule has 0 aliphatic heterocycles. The Morgan fingerprint density at radius 3 is 2.55 bits per heavy atom. The van der Waals surface area contributed by atoms with Crippen LogP contribution in [0.4, 0.5) is 0 Å². The monoisotopic (exact) mass is 498 g/mol. The molecule has 0 aliphatic rings. The van der Waals surface area contributed by atoms with Gasteiger partial charge in [0.1, 0.15) is 6.04 Å². The van der Waals surface area contributed by atoms with Crippen molar-refractivity contribution in [2.45, 2.75) is 51.2 Å². The topological polar surface area (TPSA) is 108 Å². The van der Waals surface area contributed by atoms with Gasteiger partial charge in [-0.1, -0.05) is 50.6 Å². The maximum absolute atomic E-state index is 12.8. The predicted molar refractivity (Wildman–Crippen MR) is 142 cm³/mol. The number of carboxylic acid groups (broad SMARTS) is 1. The van der Waals surface area contributed by atoms with Gasteiger partial charge in [0.2, 0.25) is 5.91 Å². The molecule has 0 fully saturated rings. The lowest BCUT2D eigenvalue weighted by molar-refractivity contribution is -0.142. The third-order valence-corrected chi connectivity index (χ3v) is 6.95. The van der Waals surface area contributed by atoms with E-state index in [1.807, 2.05) is 24.5 Å². The van der Waals surface area contributed by atoms with Crippen LogP contribution in [0.15, 0.2) is 30.3 Å². The smallest absolute Gasteiger partial charge is 0.326 e. The average Bonchev–Trinajstić information content (AvgIpc) is 2.82. The summed E-state index contributed by atoms with van der Waals surface area (Å²) < 4.78 is 0. The summed E-state index contributed by atoms with van der Waals surface area (Å²) in [6, 6.07) is 9.44. The minimum absolute atomic E-state index is 0.0336. The summed E-state index contributed by atoms with van der Waals surface area (Å²) in [6.07, 6.45) is 4.15. The molecule has 5 N–H and O–H groups in total. The van der Waals surface area contributed by atoms with Gasteiger partial charge in [-0.05, 0) is 36.3 Å². The molecule has 0 aliphatic carbocycles. The normalized spacial score (nSPS) is 15.1. The molecule has 1 rings (SSSR count). The van der Waals surface area contributed by atoms with Crippen molar-refractivity contribution in [3.8, 4) is 0 Å². The van der Waals surface area contributed by atoms with Crippen LogP contribution in [0.25, 0.3) is 0 Å². The van der Waals surface area contributed by atoms with Crippen molar-refractivity contribution in [2.75, 3.05) is 43.9 Å². The maximum atomic E-state index is 12.8. The number of carbonyl (C=O) groups excluding carboxylic acids is 1. The minimum Gasteiger partial charge on any atom is -0.480 e. The fourth-order valence-corrected chi connectivity index (χ4v) is 4.08. The second kappa shape index (κ2) is 17.2. The fraction of sp³-hybridized carbons (Fsp3) is 0.667. The third-order valence-electron chi connectivity index (χ3n) is 5.83. The molecular weight excluding hydrogens is 456 g/mol. The summed E-state index contributed by atoms with van der Waals surface area (Å²) in [5.41, 5.74) is 7.26. The van der Waals surface area contributed by atoms with Gasteiger partial charge in [0, 0.05) is 37.5 Å². The lowest BCUT2D eigenvalue weighted by Gasteiger charge is -2.32.